The number of carbonyl (C=O) groups is 2. The molecule has 2 aromatic rings. The summed E-state index contributed by atoms with van der Waals surface area (Å²) in [6.45, 7) is 2.38. The van der Waals surface area contributed by atoms with Gasteiger partial charge in [0.2, 0.25) is 11.8 Å². The van der Waals surface area contributed by atoms with Gasteiger partial charge >= 0.3 is 0 Å². The van der Waals surface area contributed by atoms with Gasteiger partial charge in [-0.3, -0.25) is 14.9 Å². The molecule has 3 heterocycles. The number of carbonyl (C=O) groups excluding carboxylic acids is 2. The van der Waals surface area contributed by atoms with Crippen LogP contribution in [-0.2, 0) is 14.3 Å². The summed E-state index contributed by atoms with van der Waals surface area (Å²) in [6, 6.07) is 5.73. The van der Waals surface area contributed by atoms with E-state index in [1.54, 1.807) is 6.26 Å². The molecule has 0 aliphatic carbocycles. The standard InChI is InChI=1S/C21H22N2O4/c24-19-7-6-17(21(25)23-19)18-13-27-20-14(3-1-5-16(18)20)4-2-12-26-15-8-10-22-11-9-15/h1,3,5,13,15,17,22H,6-12H2,(H,23,24,25). The number of rotatable bonds is 3. The highest BCUT2D eigenvalue weighted by atomic mass is 16.5. The van der Waals surface area contributed by atoms with Crippen molar-refractivity contribution in [1.29, 1.82) is 0 Å². The third-order valence-corrected chi connectivity index (χ3v) is 5.14. The molecular formula is C21H22N2O4. The molecule has 2 N–H and O–H groups in total. The molecule has 4 rings (SSSR count). The van der Waals surface area contributed by atoms with Crippen LogP contribution < -0.4 is 10.6 Å². The fourth-order valence-electron chi connectivity index (χ4n) is 3.69. The number of amides is 2. The maximum atomic E-state index is 12.2. The van der Waals surface area contributed by atoms with Crippen LogP contribution >= 0.6 is 0 Å². The predicted molar refractivity (Wildman–Crippen MR) is 100 cm³/mol. The van der Waals surface area contributed by atoms with Crippen molar-refractivity contribution < 1.29 is 18.7 Å². The van der Waals surface area contributed by atoms with E-state index in [1.165, 1.54) is 0 Å². The number of furan rings is 1. The van der Waals surface area contributed by atoms with Gasteiger partial charge in [0.25, 0.3) is 0 Å². The normalized spacial score (nSPS) is 21.0. The average molecular weight is 366 g/mol. The van der Waals surface area contributed by atoms with Gasteiger partial charge in [0, 0.05) is 17.4 Å². The Hall–Kier alpha value is -2.62. The molecule has 2 saturated heterocycles. The Morgan fingerprint density at radius 2 is 2.04 bits per heavy atom. The highest BCUT2D eigenvalue weighted by molar-refractivity contribution is 6.03. The number of para-hydroxylation sites is 1. The van der Waals surface area contributed by atoms with Crippen LogP contribution in [0.25, 0.3) is 11.0 Å². The molecule has 0 saturated carbocycles. The van der Waals surface area contributed by atoms with Crippen molar-refractivity contribution in [2.24, 2.45) is 0 Å². The van der Waals surface area contributed by atoms with Crippen molar-refractivity contribution in [3.05, 3.63) is 35.6 Å². The molecule has 2 aliphatic rings. The first-order valence-electron chi connectivity index (χ1n) is 9.37. The van der Waals surface area contributed by atoms with Crippen LogP contribution in [0.4, 0.5) is 0 Å². The van der Waals surface area contributed by atoms with Gasteiger partial charge in [0.1, 0.15) is 12.2 Å². The number of ether oxygens (including phenoxy) is 1. The molecule has 140 valence electrons. The average Bonchev–Trinajstić information content (AvgIpc) is 3.11. The van der Waals surface area contributed by atoms with Gasteiger partial charge in [-0.15, -0.1) is 0 Å². The summed E-state index contributed by atoms with van der Waals surface area (Å²) in [5, 5.41) is 6.58. The summed E-state index contributed by atoms with van der Waals surface area (Å²) in [7, 11) is 0. The van der Waals surface area contributed by atoms with Gasteiger partial charge in [-0.05, 0) is 38.4 Å². The van der Waals surface area contributed by atoms with Crippen LogP contribution in [0.5, 0.6) is 0 Å². The molecule has 6 nitrogen and oxygen atoms in total. The quantitative estimate of drug-likeness (QED) is 0.642. The van der Waals surface area contributed by atoms with E-state index >= 15 is 0 Å². The molecule has 1 aromatic heterocycles. The first-order valence-corrected chi connectivity index (χ1v) is 9.37. The first-order chi connectivity index (χ1) is 13.2. The minimum atomic E-state index is -0.365. The Bertz CT molecular complexity index is 915. The molecule has 0 spiro atoms. The summed E-state index contributed by atoms with van der Waals surface area (Å²) >= 11 is 0. The molecule has 6 heteroatoms. The Morgan fingerprint density at radius 1 is 1.19 bits per heavy atom. The minimum absolute atomic E-state index is 0.218. The number of imide groups is 1. The van der Waals surface area contributed by atoms with E-state index in [-0.39, 0.29) is 23.8 Å². The van der Waals surface area contributed by atoms with E-state index in [2.05, 4.69) is 22.5 Å². The topological polar surface area (TPSA) is 80.6 Å². The van der Waals surface area contributed by atoms with Crippen molar-refractivity contribution in [3.8, 4) is 11.8 Å². The molecule has 2 fully saturated rings. The van der Waals surface area contributed by atoms with E-state index < -0.39 is 0 Å². The van der Waals surface area contributed by atoms with Crippen LogP contribution in [0.2, 0.25) is 0 Å². The molecule has 1 atom stereocenters. The number of piperidine rings is 2. The fraction of sp³-hybridized carbons (Fsp3) is 0.429. The Labute approximate surface area is 157 Å². The van der Waals surface area contributed by atoms with Gasteiger partial charge in [-0.1, -0.05) is 24.0 Å². The van der Waals surface area contributed by atoms with Crippen LogP contribution in [0, 0.1) is 11.8 Å². The third-order valence-electron chi connectivity index (χ3n) is 5.14. The smallest absolute Gasteiger partial charge is 0.234 e. The van der Waals surface area contributed by atoms with E-state index in [4.69, 9.17) is 9.15 Å². The minimum Gasteiger partial charge on any atom is -0.463 e. The molecule has 2 aliphatic heterocycles. The van der Waals surface area contributed by atoms with E-state index in [0.717, 1.165) is 42.4 Å². The molecular weight excluding hydrogens is 344 g/mol. The highest BCUT2D eigenvalue weighted by Gasteiger charge is 2.30. The number of hydrogen-bond acceptors (Lipinski definition) is 5. The maximum Gasteiger partial charge on any atom is 0.234 e. The van der Waals surface area contributed by atoms with E-state index in [0.29, 0.717) is 25.0 Å². The third kappa shape index (κ3) is 3.90. The monoisotopic (exact) mass is 366 g/mol. The van der Waals surface area contributed by atoms with E-state index in [1.807, 2.05) is 18.2 Å². The Kier molecular flexibility index (Phi) is 5.23. The van der Waals surface area contributed by atoms with Crippen LogP contribution in [0.1, 0.15) is 42.7 Å². The van der Waals surface area contributed by atoms with Gasteiger partial charge < -0.3 is 14.5 Å². The van der Waals surface area contributed by atoms with Crippen molar-refractivity contribution in [1.82, 2.24) is 10.6 Å². The highest BCUT2D eigenvalue weighted by Crippen LogP contribution is 2.33. The molecule has 1 unspecified atom stereocenters. The van der Waals surface area contributed by atoms with Crippen molar-refractivity contribution in [2.75, 3.05) is 19.7 Å². The second kappa shape index (κ2) is 7.95. The van der Waals surface area contributed by atoms with Gasteiger partial charge in [-0.25, -0.2) is 0 Å². The summed E-state index contributed by atoms with van der Waals surface area (Å²) in [6.07, 6.45) is 4.77. The van der Waals surface area contributed by atoms with Crippen molar-refractivity contribution in [3.63, 3.8) is 0 Å². The zero-order valence-corrected chi connectivity index (χ0v) is 15.0. The van der Waals surface area contributed by atoms with Gasteiger partial charge in [0.15, 0.2) is 0 Å². The zero-order valence-electron chi connectivity index (χ0n) is 15.0. The Balaban J connectivity index is 1.50. The fourth-order valence-corrected chi connectivity index (χ4v) is 3.69. The number of benzene rings is 1. The van der Waals surface area contributed by atoms with Crippen LogP contribution in [0.3, 0.4) is 0 Å². The largest absolute Gasteiger partial charge is 0.463 e. The van der Waals surface area contributed by atoms with Crippen LogP contribution in [-0.4, -0.2) is 37.6 Å². The summed E-state index contributed by atoms with van der Waals surface area (Å²) < 4.78 is 11.6. The predicted octanol–water partition coefficient (Wildman–Crippen LogP) is 2.07. The molecule has 27 heavy (non-hydrogen) atoms. The van der Waals surface area contributed by atoms with Crippen molar-refractivity contribution >= 4 is 22.8 Å². The molecule has 0 bridgehead atoms. The molecule has 0 radical (unpaired) electrons. The van der Waals surface area contributed by atoms with Gasteiger partial charge in [-0.2, -0.15) is 0 Å². The lowest BCUT2D eigenvalue weighted by Crippen LogP contribution is -2.39. The van der Waals surface area contributed by atoms with Crippen LogP contribution in [0.15, 0.2) is 28.9 Å². The van der Waals surface area contributed by atoms with Crippen molar-refractivity contribution in [2.45, 2.75) is 37.7 Å². The Morgan fingerprint density at radius 3 is 2.85 bits per heavy atom. The first kappa shape index (κ1) is 17.8. The second-order valence-electron chi connectivity index (χ2n) is 6.94. The lowest BCUT2D eigenvalue weighted by Gasteiger charge is -2.21. The number of fused-ring (bicyclic) bond motifs is 1. The second-order valence-corrected chi connectivity index (χ2v) is 6.94. The SMILES string of the molecule is O=C1CCC(c2coc3c(C#CCOC4CCNCC4)cccc23)C(=O)N1. The lowest BCUT2D eigenvalue weighted by atomic mass is 9.90. The van der Waals surface area contributed by atoms with Gasteiger partial charge in [0.05, 0.1) is 23.8 Å². The number of nitrogens with one attached hydrogen (secondary N) is 2. The summed E-state index contributed by atoms with van der Waals surface area (Å²) in [5.41, 5.74) is 2.26. The molecule has 2 amide bonds. The maximum absolute atomic E-state index is 12.2. The lowest BCUT2D eigenvalue weighted by molar-refractivity contribution is -0.134. The zero-order chi connectivity index (χ0) is 18.6. The molecule has 1 aromatic carbocycles. The number of hydrogen-bond donors (Lipinski definition) is 2. The van der Waals surface area contributed by atoms with E-state index in [9.17, 15) is 9.59 Å². The summed E-state index contributed by atoms with van der Waals surface area (Å²) in [5.74, 6) is 5.34. The summed E-state index contributed by atoms with van der Waals surface area (Å²) in [4.78, 5) is 23.5.